The second-order valence-electron chi connectivity index (χ2n) is 4.66. The third kappa shape index (κ3) is 3.22. The van der Waals surface area contributed by atoms with Gasteiger partial charge in [0.15, 0.2) is 5.84 Å². The summed E-state index contributed by atoms with van der Waals surface area (Å²) >= 11 is 3.33. The van der Waals surface area contributed by atoms with Gasteiger partial charge in [0.2, 0.25) is 0 Å². The van der Waals surface area contributed by atoms with E-state index in [1.807, 2.05) is 0 Å². The minimum absolute atomic E-state index is 0.0277. The van der Waals surface area contributed by atoms with Gasteiger partial charge in [0.25, 0.3) is 5.91 Å². The third-order valence-electron chi connectivity index (χ3n) is 3.23. The summed E-state index contributed by atoms with van der Waals surface area (Å²) in [5.74, 6) is 0.559. The van der Waals surface area contributed by atoms with E-state index in [4.69, 9.17) is 15.7 Å². The van der Waals surface area contributed by atoms with E-state index in [9.17, 15) is 4.79 Å². The number of benzene rings is 1. The van der Waals surface area contributed by atoms with Crippen LogP contribution in [0.15, 0.2) is 27.8 Å². The van der Waals surface area contributed by atoms with Gasteiger partial charge in [-0.2, -0.15) is 0 Å². The van der Waals surface area contributed by atoms with E-state index in [-0.39, 0.29) is 17.7 Å². The number of amides is 1. The van der Waals surface area contributed by atoms with E-state index in [1.54, 1.807) is 18.2 Å². The number of nitrogens with one attached hydrogen (secondary N) is 1. The largest absolute Gasteiger partial charge is 0.497 e. The van der Waals surface area contributed by atoms with Gasteiger partial charge in [0.1, 0.15) is 5.75 Å². The van der Waals surface area contributed by atoms with Crippen molar-refractivity contribution in [2.45, 2.75) is 18.9 Å². The summed E-state index contributed by atoms with van der Waals surface area (Å²) in [5.41, 5.74) is 6.07. The number of halogens is 1. The highest BCUT2D eigenvalue weighted by Crippen LogP contribution is 2.33. The first kappa shape index (κ1) is 14.6. The number of rotatable bonds is 5. The fourth-order valence-corrected chi connectivity index (χ4v) is 2.38. The number of nitrogens with zero attached hydrogens (tertiary/aromatic N) is 1. The monoisotopic (exact) mass is 341 g/mol. The lowest BCUT2D eigenvalue weighted by Crippen LogP contribution is -2.46. The molecule has 1 unspecified atom stereocenters. The first-order valence-electron chi connectivity index (χ1n) is 6.18. The lowest BCUT2D eigenvalue weighted by atomic mass is 10.1. The van der Waals surface area contributed by atoms with Crippen LogP contribution >= 0.6 is 15.9 Å². The molecule has 0 aliphatic heterocycles. The van der Waals surface area contributed by atoms with Crippen molar-refractivity contribution in [2.24, 2.45) is 16.8 Å². The Morgan fingerprint density at radius 2 is 2.30 bits per heavy atom. The van der Waals surface area contributed by atoms with Gasteiger partial charge in [-0.05, 0) is 52.9 Å². The first-order valence-corrected chi connectivity index (χ1v) is 6.98. The maximum atomic E-state index is 12.3. The number of hydrogen-bond acceptors (Lipinski definition) is 4. The Labute approximate surface area is 125 Å². The average Bonchev–Trinajstić information content (AvgIpc) is 3.28. The van der Waals surface area contributed by atoms with Crippen LogP contribution in [-0.2, 0) is 0 Å². The predicted molar refractivity (Wildman–Crippen MR) is 78.1 cm³/mol. The summed E-state index contributed by atoms with van der Waals surface area (Å²) in [6, 6.07) is 4.69. The summed E-state index contributed by atoms with van der Waals surface area (Å²) in [4.78, 5) is 12.3. The number of nitrogens with two attached hydrogens (primary N) is 1. The van der Waals surface area contributed by atoms with Crippen LogP contribution in [0.25, 0.3) is 0 Å². The molecule has 0 aromatic heterocycles. The standard InChI is InChI=1S/C13H16BrN3O3/c1-20-8-4-5-10(14)9(6-8)13(18)16-11(7-2-3-7)12(15)17-19/h4-7,11,19H,2-3H2,1H3,(H2,15,17)(H,16,18). The quantitative estimate of drug-likeness (QED) is 0.328. The van der Waals surface area contributed by atoms with Crippen molar-refractivity contribution < 1.29 is 14.7 Å². The molecule has 1 fully saturated rings. The molecule has 2 rings (SSSR count). The Morgan fingerprint density at radius 1 is 1.60 bits per heavy atom. The molecule has 0 heterocycles. The fourth-order valence-electron chi connectivity index (χ4n) is 1.95. The lowest BCUT2D eigenvalue weighted by molar-refractivity contribution is 0.0941. The van der Waals surface area contributed by atoms with Gasteiger partial charge in [0, 0.05) is 4.47 Å². The zero-order chi connectivity index (χ0) is 14.7. The van der Waals surface area contributed by atoms with Crippen molar-refractivity contribution in [1.82, 2.24) is 5.32 Å². The van der Waals surface area contributed by atoms with Crippen LogP contribution in [0.3, 0.4) is 0 Å². The molecule has 0 spiro atoms. The summed E-state index contributed by atoms with van der Waals surface area (Å²) in [6.07, 6.45) is 1.92. The highest BCUT2D eigenvalue weighted by molar-refractivity contribution is 9.10. The number of methoxy groups -OCH3 is 1. The molecule has 0 radical (unpaired) electrons. The van der Waals surface area contributed by atoms with Crippen LogP contribution < -0.4 is 15.8 Å². The third-order valence-corrected chi connectivity index (χ3v) is 3.92. The highest BCUT2D eigenvalue weighted by atomic mass is 79.9. The van der Waals surface area contributed by atoms with E-state index >= 15 is 0 Å². The van der Waals surface area contributed by atoms with Gasteiger partial charge < -0.3 is 21.0 Å². The minimum Gasteiger partial charge on any atom is -0.497 e. The number of hydrogen-bond donors (Lipinski definition) is 3. The van der Waals surface area contributed by atoms with Crippen molar-refractivity contribution in [1.29, 1.82) is 0 Å². The SMILES string of the molecule is COc1ccc(Br)c(C(=O)NC(C(N)=NO)C2CC2)c1. The maximum absolute atomic E-state index is 12.3. The van der Waals surface area contributed by atoms with Gasteiger partial charge in [-0.3, -0.25) is 4.79 Å². The Hall–Kier alpha value is -1.76. The van der Waals surface area contributed by atoms with E-state index in [0.717, 1.165) is 12.8 Å². The summed E-state index contributed by atoms with van der Waals surface area (Å²) in [7, 11) is 1.54. The van der Waals surface area contributed by atoms with Crippen molar-refractivity contribution in [3.63, 3.8) is 0 Å². The van der Waals surface area contributed by atoms with Crippen LogP contribution in [0.1, 0.15) is 23.2 Å². The molecule has 1 aliphatic carbocycles. The first-order chi connectivity index (χ1) is 9.56. The van der Waals surface area contributed by atoms with Crippen LogP contribution in [0.5, 0.6) is 5.75 Å². The molecule has 1 aromatic carbocycles. The molecule has 20 heavy (non-hydrogen) atoms. The van der Waals surface area contributed by atoms with Crippen LogP contribution in [0, 0.1) is 5.92 Å². The van der Waals surface area contributed by atoms with E-state index in [2.05, 4.69) is 26.4 Å². The van der Waals surface area contributed by atoms with Gasteiger partial charge in [-0.15, -0.1) is 0 Å². The van der Waals surface area contributed by atoms with Crippen molar-refractivity contribution in [3.8, 4) is 5.75 Å². The molecule has 0 bridgehead atoms. The molecule has 4 N–H and O–H groups in total. The molecule has 1 amide bonds. The van der Waals surface area contributed by atoms with Crippen molar-refractivity contribution in [3.05, 3.63) is 28.2 Å². The Balaban J connectivity index is 2.18. The summed E-state index contributed by atoms with van der Waals surface area (Å²) < 4.78 is 5.76. The molecule has 0 saturated heterocycles. The average molecular weight is 342 g/mol. The molecule has 108 valence electrons. The number of ether oxygens (including phenoxy) is 1. The highest BCUT2D eigenvalue weighted by Gasteiger charge is 2.35. The summed E-state index contributed by atoms with van der Waals surface area (Å²) in [5, 5.41) is 14.6. The van der Waals surface area contributed by atoms with Gasteiger partial charge in [-0.1, -0.05) is 5.16 Å². The molecule has 7 heteroatoms. The number of carbonyl (C=O) groups excluding carboxylic acids is 1. The zero-order valence-corrected chi connectivity index (χ0v) is 12.6. The normalized spacial score (nSPS) is 16.6. The lowest BCUT2D eigenvalue weighted by Gasteiger charge is -2.17. The van der Waals surface area contributed by atoms with E-state index in [0.29, 0.717) is 15.8 Å². The zero-order valence-electron chi connectivity index (χ0n) is 11.0. The van der Waals surface area contributed by atoms with E-state index in [1.165, 1.54) is 7.11 Å². The van der Waals surface area contributed by atoms with Gasteiger partial charge in [0.05, 0.1) is 18.7 Å². The van der Waals surface area contributed by atoms with Gasteiger partial charge >= 0.3 is 0 Å². The number of amidine groups is 1. The Bertz CT molecular complexity index is 544. The fraction of sp³-hybridized carbons (Fsp3) is 0.385. The van der Waals surface area contributed by atoms with Crippen LogP contribution in [0.4, 0.5) is 0 Å². The minimum atomic E-state index is -0.439. The Kier molecular flexibility index (Phi) is 4.49. The van der Waals surface area contributed by atoms with Crippen molar-refractivity contribution in [2.75, 3.05) is 7.11 Å². The second-order valence-corrected chi connectivity index (χ2v) is 5.51. The van der Waals surface area contributed by atoms with Crippen molar-refractivity contribution >= 4 is 27.7 Å². The number of carbonyl (C=O) groups is 1. The topological polar surface area (TPSA) is 96.9 Å². The predicted octanol–water partition coefficient (Wildman–Crippen LogP) is 1.71. The molecular formula is C13H16BrN3O3. The van der Waals surface area contributed by atoms with E-state index < -0.39 is 6.04 Å². The maximum Gasteiger partial charge on any atom is 0.253 e. The molecular weight excluding hydrogens is 326 g/mol. The number of oxime groups is 1. The second kappa shape index (κ2) is 6.13. The van der Waals surface area contributed by atoms with Crippen LogP contribution in [0.2, 0.25) is 0 Å². The van der Waals surface area contributed by atoms with Gasteiger partial charge in [-0.25, -0.2) is 0 Å². The molecule has 1 aliphatic rings. The molecule has 6 nitrogen and oxygen atoms in total. The molecule has 1 aromatic rings. The Morgan fingerprint density at radius 3 is 2.85 bits per heavy atom. The molecule has 1 saturated carbocycles. The summed E-state index contributed by atoms with van der Waals surface area (Å²) in [6.45, 7) is 0. The molecule has 1 atom stereocenters. The smallest absolute Gasteiger partial charge is 0.253 e. The van der Waals surface area contributed by atoms with Crippen LogP contribution in [-0.4, -0.2) is 30.1 Å².